The first-order chi connectivity index (χ1) is 13.9. The van der Waals surface area contributed by atoms with E-state index in [1.54, 1.807) is 6.92 Å². The first-order valence-electron chi connectivity index (χ1n) is 11.3. The van der Waals surface area contributed by atoms with E-state index in [2.05, 4.69) is 39.7 Å². The molecule has 0 aromatic heterocycles. The first kappa shape index (κ1) is 23.4. The van der Waals surface area contributed by atoms with Crippen LogP contribution in [0.5, 0.6) is 0 Å². The Labute approximate surface area is 175 Å². The summed E-state index contributed by atoms with van der Waals surface area (Å²) in [7, 11) is 0. The SMILES string of the molecule is CCCCN1CCC(NC(=NCCCN2C(=O)NC(C)(CC)C2=O)NCC)CC1. The summed E-state index contributed by atoms with van der Waals surface area (Å²) in [6.07, 6.45) is 6.04. The van der Waals surface area contributed by atoms with Crippen LogP contribution in [-0.2, 0) is 4.79 Å². The summed E-state index contributed by atoms with van der Waals surface area (Å²) in [5, 5.41) is 9.66. The number of nitrogens with one attached hydrogen (secondary N) is 3. The van der Waals surface area contributed by atoms with Gasteiger partial charge in [-0.05, 0) is 52.5 Å². The van der Waals surface area contributed by atoms with E-state index in [9.17, 15) is 9.59 Å². The second-order valence-corrected chi connectivity index (χ2v) is 8.30. The highest BCUT2D eigenvalue weighted by Gasteiger charge is 2.45. The van der Waals surface area contributed by atoms with Gasteiger partial charge in [-0.1, -0.05) is 20.3 Å². The Morgan fingerprint density at radius 2 is 1.90 bits per heavy atom. The minimum absolute atomic E-state index is 0.131. The molecule has 29 heavy (non-hydrogen) atoms. The van der Waals surface area contributed by atoms with Crippen molar-refractivity contribution >= 4 is 17.9 Å². The number of unbranched alkanes of at least 4 members (excludes halogenated alkanes) is 1. The minimum atomic E-state index is -0.761. The fraction of sp³-hybridized carbons (Fsp3) is 0.857. The highest BCUT2D eigenvalue weighted by molar-refractivity contribution is 6.06. The number of carbonyl (C=O) groups excluding carboxylic acids is 2. The van der Waals surface area contributed by atoms with Gasteiger partial charge in [-0.2, -0.15) is 0 Å². The third-order valence-corrected chi connectivity index (χ3v) is 5.96. The summed E-state index contributed by atoms with van der Waals surface area (Å²) in [4.78, 5) is 33.0. The van der Waals surface area contributed by atoms with Gasteiger partial charge in [0.15, 0.2) is 5.96 Å². The summed E-state index contributed by atoms with van der Waals surface area (Å²) in [6.45, 7) is 13.3. The van der Waals surface area contributed by atoms with E-state index in [-0.39, 0.29) is 11.9 Å². The van der Waals surface area contributed by atoms with Crippen LogP contribution >= 0.6 is 0 Å². The van der Waals surface area contributed by atoms with Crippen molar-refractivity contribution in [2.75, 3.05) is 39.3 Å². The highest BCUT2D eigenvalue weighted by Crippen LogP contribution is 2.20. The van der Waals surface area contributed by atoms with Crippen molar-refractivity contribution in [2.24, 2.45) is 4.99 Å². The maximum absolute atomic E-state index is 12.4. The Morgan fingerprint density at radius 3 is 2.48 bits per heavy atom. The molecule has 166 valence electrons. The van der Waals surface area contributed by atoms with Gasteiger partial charge in [0.1, 0.15) is 5.54 Å². The van der Waals surface area contributed by atoms with Crippen molar-refractivity contribution in [3.8, 4) is 0 Å². The molecule has 2 rings (SSSR count). The van der Waals surface area contributed by atoms with Crippen LogP contribution in [-0.4, -0.2) is 78.5 Å². The van der Waals surface area contributed by atoms with Gasteiger partial charge >= 0.3 is 6.03 Å². The summed E-state index contributed by atoms with van der Waals surface area (Å²) in [5.74, 6) is 0.698. The molecule has 0 spiro atoms. The second kappa shape index (κ2) is 11.4. The standard InChI is InChI=1S/C21H40N6O2/c1-5-8-13-26-15-10-17(11-16-26)24-19(22-7-3)23-12-9-14-27-18(28)21(4,6-2)25-20(27)29/h17H,5-16H2,1-4H3,(H,25,29)(H2,22,23,24). The number of hydrogen-bond acceptors (Lipinski definition) is 4. The number of urea groups is 1. The van der Waals surface area contributed by atoms with Crippen molar-refractivity contribution < 1.29 is 9.59 Å². The van der Waals surface area contributed by atoms with Crippen LogP contribution in [0.3, 0.4) is 0 Å². The minimum Gasteiger partial charge on any atom is -0.357 e. The molecule has 2 fully saturated rings. The Bertz CT molecular complexity index is 574. The number of nitrogens with zero attached hydrogens (tertiary/aromatic N) is 3. The van der Waals surface area contributed by atoms with Gasteiger partial charge in [-0.15, -0.1) is 0 Å². The molecule has 0 radical (unpaired) electrons. The summed E-state index contributed by atoms with van der Waals surface area (Å²) >= 11 is 0. The zero-order valence-electron chi connectivity index (χ0n) is 18.7. The lowest BCUT2D eigenvalue weighted by molar-refractivity contribution is -0.130. The number of guanidine groups is 1. The molecule has 0 bridgehead atoms. The predicted octanol–water partition coefficient (Wildman–Crippen LogP) is 1.92. The molecule has 2 aliphatic rings. The molecule has 2 heterocycles. The van der Waals surface area contributed by atoms with Gasteiger partial charge in [-0.3, -0.25) is 14.7 Å². The molecule has 0 aromatic rings. The van der Waals surface area contributed by atoms with Gasteiger partial charge in [0.2, 0.25) is 0 Å². The van der Waals surface area contributed by atoms with Crippen LogP contribution in [0, 0.1) is 0 Å². The smallest absolute Gasteiger partial charge is 0.325 e. The van der Waals surface area contributed by atoms with Gasteiger partial charge in [0.05, 0.1) is 0 Å². The second-order valence-electron chi connectivity index (χ2n) is 8.30. The van der Waals surface area contributed by atoms with E-state index < -0.39 is 5.54 Å². The number of piperidine rings is 1. The highest BCUT2D eigenvalue weighted by atomic mass is 16.2. The molecule has 1 atom stereocenters. The monoisotopic (exact) mass is 408 g/mol. The Kier molecular flexibility index (Phi) is 9.20. The van der Waals surface area contributed by atoms with Crippen LogP contribution in [0.25, 0.3) is 0 Å². The number of carbonyl (C=O) groups is 2. The third-order valence-electron chi connectivity index (χ3n) is 5.96. The zero-order chi connectivity index (χ0) is 21.3. The molecule has 1 unspecified atom stereocenters. The van der Waals surface area contributed by atoms with Crippen molar-refractivity contribution in [3.05, 3.63) is 0 Å². The third kappa shape index (κ3) is 6.59. The molecule has 3 amide bonds. The Morgan fingerprint density at radius 1 is 1.17 bits per heavy atom. The Hall–Kier alpha value is -1.83. The number of hydrogen-bond donors (Lipinski definition) is 3. The van der Waals surface area contributed by atoms with Crippen molar-refractivity contribution in [1.29, 1.82) is 0 Å². The molecule has 0 aliphatic carbocycles. The topological polar surface area (TPSA) is 89.1 Å². The summed E-state index contributed by atoms with van der Waals surface area (Å²) < 4.78 is 0. The van der Waals surface area contributed by atoms with E-state index in [0.717, 1.165) is 38.4 Å². The lowest BCUT2D eigenvalue weighted by Crippen LogP contribution is -2.48. The normalized spacial score (nSPS) is 24.1. The Balaban J connectivity index is 1.77. The maximum Gasteiger partial charge on any atom is 0.325 e. The lowest BCUT2D eigenvalue weighted by atomic mass is 9.99. The van der Waals surface area contributed by atoms with Crippen molar-refractivity contribution in [1.82, 2.24) is 25.8 Å². The van der Waals surface area contributed by atoms with Crippen LogP contribution in [0.15, 0.2) is 4.99 Å². The average molecular weight is 409 g/mol. The summed E-state index contributed by atoms with van der Waals surface area (Å²) in [5.41, 5.74) is -0.761. The van der Waals surface area contributed by atoms with Crippen LogP contribution in [0.4, 0.5) is 4.79 Å². The van der Waals surface area contributed by atoms with Crippen molar-refractivity contribution in [2.45, 2.75) is 77.8 Å². The van der Waals surface area contributed by atoms with E-state index in [1.165, 1.54) is 24.3 Å². The molecule has 3 N–H and O–H groups in total. The molecule has 0 aromatic carbocycles. The molecule has 8 nitrogen and oxygen atoms in total. The quantitative estimate of drug-likeness (QED) is 0.222. The van der Waals surface area contributed by atoms with E-state index in [4.69, 9.17) is 0 Å². The van der Waals surface area contributed by atoms with Crippen LogP contribution in [0.1, 0.15) is 66.2 Å². The summed E-state index contributed by atoms with van der Waals surface area (Å²) in [6, 6.07) is 0.157. The number of likely N-dealkylation sites (tertiary alicyclic amines) is 1. The maximum atomic E-state index is 12.4. The fourth-order valence-corrected chi connectivity index (χ4v) is 3.81. The molecule has 8 heteroatoms. The number of aliphatic imine (C=N–C) groups is 1. The average Bonchev–Trinajstić information content (AvgIpc) is 2.93. The molecule has 2 aliphatic heterocycles. The van der Waals surface area contributed by atoms with E-state index in [0.29, 0.717) is 32.0 Å². The first-order valence-corrected chi connectivity index (χ1v) is 11.3. The van der Waals surface area contributed by atoms with Gasteiger partial charge in [0, 0.05) is 38.8 Å². The van der Waals surface area contributed by atoms with Crippen LogP contribution < -0.4 is 16.0 Å². The zero-order valence-corrected chi connectivity index (χ0v) is 18.7. The van der Waals surface area contributed by atoms with E-state index >= 15 is 0 Å². The largest absolute Gasteiger partial charge is 0.357 e. The van der Waals surface area contributed by atoms with E-state index in [1.807, 2.05) is 6.92 Å². The predicted molar refractivity (Wildman–Crippen MR) is 117 cm³/mol. The molecule has 2 saturated heterocycles. The number of rotatable bonds is 10. The van der Waals surface area contributed by atoms with Crippen molar-refractivity contribution in [3.63, 3.8) is 0 Å². The fourth-order valence-electron chi connectivity index (χ4n) is 3.81. The van der Waals surface area contributed by atoms with Crippen LogP contribution in [0.2, 0.25) is 0 Å². The number of imide groups is 1. The van der Waals surface area contributed by atoms with Gasteiger partial charge < -0.3 is 20.9 Å². The lowest BCUT2D eigenvalue weighted by Gasteiger charge is -2.33. The van der Waals surface area contributed by atoms with Gasteiger partial charge in [0.25, 0.3) is 5.91 Å². The van der Waals surface area contributed by atoms with Gasteiger partial charge in [-0.25, -0.2) is 4.79 Å². The molecular formula is C21H40N6O2. The molecular weight excluding hydrogens is 368 g/mol. The number of amides is 3. The molecule has 0 saturated carbocycles.